The number of primary amides is 1. The number of amides is 1. The normalized spacial score (nSPS) is 11.3. The number of nitrogens with one attached hydrogen (secondary N) is 1. The minimum Gasteiger partial charge on any atom is -0.496 e. The number of ether oxygens (including phenoxy) is 2. The molecule has 2 rings (SSSR count). The van der Waals surface area contributed by atoms with Gasteiger partial charge in [-0.05, 0) is 38.5 Å². The van der Waals surface area contributed by atoms with Crippen molar-refractivity contribution in [2.75, 3.05) is 25.6 Å². The van der Waals surface area contributed by atoms with Crippen molar-refractivity contribution in [1.82, 2.24) is 4.98 Å². The van der Waals surface area contributed by atoms with Crippen molar-refractivity contribution in [2.24, 2.45) is 5.73 Å². The SMILES string of the molecule is C=C(C(N)=O)[C@@H](c1ccc(C#N)cc1OC)c1c(OCC)ncc(C)c1NCC. The van der Waals surface area contributed by atoms with Crippen LogP contribution in [0, 0.1) is 18.3 Å². The van der Waals surface area contributed by atoms with Crippen molar-refractivity contribution in [3.05, 3.63) is 58.8 Å². The van der Waals surface area contributed by atoms with E-state index in [0.717, 1.165) is 11.3 Å². The lowest BCUT2D eigenvalue weighted by Crippen LogP contribution is -2.22. The minimum atomic E-state index is -0.668. The van der Waals surface area contributed by atoms with Crippen molar-refractivity contribution < 1.29 is 14.3 Å². The van der Waals surface area contributed by atoms with E-state index in [1.165, 1.54) is 7.11 Å². The van der Waals surface area contributed by atoms with Crippen LogP contribution >= 0.6 is 0 Å². The first-order chi connectivity index (χ1) is 13.9. The van der Waals surface area contributed by atoms with Crippen molar-refractivity contribution in [3.8, 4) is 17.7 Å². The second kappa shape index (κ2) is 9.60. The van der Waals surface area contributed by atoms with Crippen LogP contribution in [0.25, 0.3) is 0 Å². The second-order valence-corrected chi connectivity index (χ2v) is 6.39. The topological polar surface area (TPSA) is 110 Å². The zero-order chi connectivity index (χ0) is 21.6. The summed E-state index contributed by atoms with van der Waals surface area (Å²) in [4.78, 5) is 16.6. The lowest BCUT2D eigenvalue weighted by Gasteiger charge is -2.26. The van der Waals surface area contributed by atoms with Gasteiger partial charge >= 0.3 is 0 Å². The molecule has 0 spiro atoms. The number of anilines is 1. The van der Waals surface area contributed by atoms with Crippen LogP contribution in [-0.4, -0.2) is 31.2 Å². The number of nitrogens with zero attached hydrogens (tertiary/aromatic N) is 2. The Labute approximate surface area is 171 Å². The van der Waals surface area contributed by atoms with Gasteiger partial charge in [0.1, 0.15) is 5.75 Å². The van der Waals surface area contributed by atoms with Gasteiger partial charge in [0.05, 0.1) is 25.3 Å². The Kier molecular flexibility index (Phi) is 7.21. The highest BCUT2D eigenvalue weighted by Crippen LogP contribution is 2.44. The van der Waals surface area contributed by atoms with Gasteiger partial charge in [-0.1, -0.05) is 12.6 Å². The maximum absolute atomic E-state index is 12.2. The van der Waals surface area contributed by atoms with E-state index in [1.807, 2.05) is 20.8 Å². The highest BCUT2D eigenvalue weighted by Gasteiger charge is 2.31. The summed E-state index contributed by atoms with van der Waals surface area (Å²) in [6.45, 7) is 10.8. The minimum absolute atomic E-state index is 0.167. The lowest BCUT2D eigenvalue weighted by molar-refractivity contribution is -0.114. The zero-order valence-electron chi connectivity index (χ0n) is 17.2. The number of aryl methyl sites for hydroxylation is 1. The molecule has 0 aliphatic rings. The number of nitriles is 1. The van der Waals surface area contributed by atoms with Crippen LogP contribution in [0.2, 0.25) is 0 Å². The van der Waals surface area contributed by atoms with Gasteiger partial charge in [-0.15, -0.1) is 0 Å². The molecule has 0 radical (unpaired) electrons. The summed E-state index contributed by atoms with van der Waals surface area (Å²) in [6.07, 6.45) is 1.71. The molecule has 29 heavy (non-hydrogen) atoms. The smallest absolute Gasteiger partial charge is 0.245 e. The Hall–Kier alpha value is -3.53. The first-order valence-electron chi connectivity index (χ1n) is 9.32. The van der Waals surface area contributed by atoms with Crippen molar-refractivity contribution >= 4 is 11.6 Å². The predicted molar refractivity (Wildman–Crippen MR) is 112 cm³/mol. The maximum Gasteiger partial charge on any atom is 0.245 e. The Morgan fingerprint density at radius 1 is 1.41 bits per heavy atom. The summed E-state index contributed by atoms with van der Waals surface area (Å²) in [7, 11) is 1.51. The average molecular weight is 394 g/mol. The van der Waals surface area contributed by atoms with Gasteiger partial charge in [0, 0.05) is 41.0 Å². The fraction of sp³-hybridized carbons (Fsp3) is 0.318. The third-order valence-corrected chi connectivity index (χ3v) is 4.53. The molecular weight excluding hydrogens is 368 g/mol. The Morgan fingerprint density at radius 2 is 2.14 bits per heavy atom. The number of benzene rings is 1. The van der Waals surface area contributed by atoms with Gasteiger partial charge in [0.2, 0.25) is 11.8 Å². The Bertz CT molecular complexity index is 963. The number of carbonyl (C=O) groups is 1. The van der Waals surface area contributed by atoms with Crippen LogP contribution in [0.1, 0.15) is 42.0 Å². The van der Waals surface area contributed by atoms with Gasteiger partial charge in [-0.2, -0.15) is 5.26 Å². The van der Waals surface area contributed by atoms with E-state index in [9.17, 15) is 10.1 Å². The van der Waals surface area contributed by atoms with Gasteiger partial charge < -0.3 is 20.5 Å². The third kappa shape index (κ3) is 4.49. The molecule has 0 bridgehead atoms. The monoisotopic (exact) mass is 394 g/mol. The molecule has 1 heterocycles. The molecule has 1 atom stereocenters. The number of hydrogen-bond acceptors (Lipinski definition) is 6. The summed E-state index contributed by atoms with van der Waals surface area (Å²) in [5.74, 6) is -0.485. The van der Waals surface area contributed by atoms with E-state index in [2.05, 4.69) is 22.9 Å². The largest absolute Gasteiger partial charge is 0.496 e. The number of hydrogen-bond donors (Lipinski definition) is 2. The van der Waals surface area contributed by atoms with Crippen molar-refractivity contribution in [1.29, 1.82) is 5.26 Å². The third-order valence-electron chi connectivity index (χ3n) is 4.53. The van der Waals surface area contributed by atoms with Crippen LogP contribution in [0.15, 0.2) is 36.5 Å². The molecule has 2 aromatic rings. The number of aromatic nitrogens is 1. The summed E-state index contributed by atoms with van der Waals surface area (Å²) in [6, 6.07) is 7.11. The molecule has 1 amide bonds. The zero-order valence-corrected chi connectivity index (χ0v) is 17.2. The lowest BCUT2D eigenvalue weighted by atomic mass is 9.83. The van der Waals surface area contributed by atoms with Gasteiger partial charge in [0.25, 0.3) is 0 Å². The molecule has 0 unspecified atom stereocenters. The van der Waals surface area contributed by atoms with Crippen LogP contribution in [-0.2, 0) is 4.79 Å². The predicted octanol–water partition coefficient (Wildman–Crippen LogP) is 3.27. The molecule has 0 saturated heterocycles. The quantitative estimate of drug-likeness (QED) is 0.632. The van der Waals surface area contributed by atoms with Gasteiger partial charge in [0.15, 0.2) is 0 Å². The summed E-state index contributed by atoms with van der Waals surface area (Å²) < 4.78 is 11.3. The molecule has 152 valence electrons. The van der Waals surface area contributed by atoms with Crippen LogP contribution < -0.4 is 20.5 Å². The molecule has 1 aromatic carbocycles. The number of nitrogens with two attached hydrogens (primary N) is 1. The van der Waals surface area contributed by atoms with E-state index in [-0.39, 0.29) is 5.57 Å². The standard InChI is InChI=1S/C22H26N4O3/c1-6-25-20-13(3)12-26-22(29-7-2)19(20)18(14(4)21(24)27)16-9-8-15(11-23)10-17(16)28-5/h8-10,12,18H,4,6-7H2,1-3,5H3,(H2,24,27)(H,25,26)/t18-/m0/s1. The molecule has 7 heteroatoms. The fourth-order valence-corrected chi connectivity index (χ4v) is 3.22. The van der Waals surface area contributed by atoms with E-state index in [4.69, 9.17) is 15.2 Å². The number of carbonyl (C=O) groups excluding carboxylic acids is 1. The molecule has 0 saturated carbocycles. The van der Waals surface area contributed by atoms with E-state index >= 15 is 0 Å². The van der Waals surface area contributed by atoms with Crippen LogP contribution in [0.5, 0.6) is 11.6 Å². The number of methoxy groups -OCH3 is 1. The van der Waals surface area contributed by atoms with Crippen LogP contribution in [0.4, 0.5) is 5.69 Å². The molecular formula is C22H26N4O3. The molecule has 1 aromatic heterocycles. The maximum atomic E-state index is 12.2. The first kappa shape index (κ1) is 21.8. The molecule has 0 aliphatic heterocycles. The van der Waals surface area contributed by atoms with E-state index < -0.39 is 11.8 Å². The van der Waals surface area contributed by atoms with Crippen molar-refractivity contribution in [2.45, 2.75) is 26.7 Å². The van der Waals surface area contributed by atoms with Crippen molar-refractivity contribution in [3.63, 3.8) is 0 Å². The Balaban J connectivity index is 2.89. The molecule has 0 aliphatic carbocycles. The highest BCUT2D eigenvalue weighted by atomic mass is 16.5. The number of pyridine rings is 1. The van der Waals surface area contributed by atoms with E-state index in [1.54, 1.807) is 24.4 Å². The summed E-state index contributed by atoms with van der Waals surface area (Å²) >= 11 is 0. The molecule has 7 nitrogen and oxygen atoms in total. The average Bonchev–Trinajstić information content (AvgIpc) is 2.72. The van der Waals surface area contributed by atoms with Gasteiger partial charge in [-0.3, -0.25) is 4.79 Å². The summed E-state index contributed by atoms with van der Waals surface area (Å²) in [5.41, 5.74) is 9.22. The van der Waals surface area contributed by atoms with E-state index in [0.29, 0.717) is 41.5 Å². The Morgan fingerprint density at radius 3 is 2.69 bits per heavy atom. The van der Waals surface area contributed by atoms with Crippen LogP contribution in [0.3, 0.4) is 0 Å². The summed E-state index contributed by atoms with van der Waals surface area (Å²) in [5, 5.41) is 12.6. The molecule has 0 fully saturated rings. The highest BCUT2D eigenvalue weighted by molar-refractivity contribution is 5.94. The van der Waals surface area contributed by atoms with Gasteiger partial charge in [-0.25, -0.2) is 4.98 Å². The first-order valence-corrected chi connectivity index (χ1v) is 9.32. The second-order valence-electron chi connectivity index (χ2n) is 6.39. The number of rotatable bonds is 9. The fourth-order valence-electron chi connectivity index (χ4n) is 3.22. The molecule has 3 N–H and O–H groups in total.